The van der Waals surface area contributed by atoms with Crippen molar-refractivity contribution in [1.82, 2.24) is 4.98 Å². The van der Waals surface area contributed by atoms with Gasteiger partial charge in [0, 0.05) is 16.8 Å². The molecule has 0 aliphatic rings. The van der Waals surface area contributed by atoms with Gasteiger partial charge in [0.2, 0.25) is 5.78 Å². The zero-order valence-electron chi connectivity index (χ0n) is 15.3. The second-order valence-corrected chi connectivity index (χ2v) is 7.42. The number of carbonyl (C=O) groups excluding carboxylic acids is 2. The van der Waals surface area contributed by atoms with E-state index in [1.807, 2.05) is 6.92 Å². The van der Waals surface area contributed by atoms with Gasteiger partial charge in [-0.2, -0.15) is 0 Å². The molecule has 3 N–H and O–H groups in total. The van der Waals surface area contributed by atoms with Gasteiger partial charge in [-0.25, -0.2) is 4.39 Å². The third-order valence-electron chi connectivity index (χ3n) is 4.56. The molecule has 0 spiro atoms. The third kappa shape index (κ3) is 4.00. The predicted molar refractivity (Wildman–Crippen MR) is 101 cm³/mol. The first-order valence-corrected chi connectivity index (χ1v) is 9.03. The summed E-state index contributed by atoms with van der Waals surface area (Å²) >= 11 is 11.9. The van der Waals surface area contributed by atoms with Crippen LogP contribution in [0.4, 0.5) is 4.39 Å². The van der Waals surface area contributed by atoms with Gasteiger partial charge in [0.05, 0.1) is 15.7 Å². The van der Waals surface area contributed by atoms with E-state index in [9.17, 15) is 14.0 Å². The highest BCUT2D eigenvalue weighted by molar-refractivity contribution is 6.35. The number of ketones is 2. The number of quaternary nitrogens is 1. The number of hydrogen-bond acceptors (Lipinski definition) is 2. The largest absolute Gasteiger partial charge is 0.355 e. The summed E-state index contributed by atoms with van der Waals surface area (Å²) in [6.07, 6.45) is 0. The van der Waals surface area contributed by atoms with Crippen molar-refractivity contribution in [2.24, 2.45) is 0 Å². The number of nitrogens with one attached hydrogen (secondary N) is 1. The standard InChI is InChI=1S/C19H21Cl2FN2O2/c1-8-17(12(5)25)10(3)24-18(8)19(26)11(4)23-9(2)13-6-16(22)15(21)7-14(13)20/h6-7,9,11,23-24H,1-5H3/p+1/t9-,11+/m0/s1. The lowest BCUT2D eigenvalue weighted by Crippen LogP contribution is -2.91. The Morgan fingerprint density at radius 2 is 1.77 bits per heavy atom. The summed E-state index contributed by atoms with van der Waals surface area (Å²) in [5, 5.41) is 2.12. The zero-order valence-corrected chi connectivity index (χ0v) is 16.8. The lowest BCUT2D eigenvalue weighted by Gasteiger charge is -2.17. The van der Waals surface area contributed by atoms with E-state index in [2.05, 4.69) is 4.98 Å². The van der Waals surface area contributed by atoms with Crippen LogP contribution in [-0.4, -0.2) is 22.6 Å². The number of benzene rings is 1. The van der Waals surface area contributed by atoms with E-state index in [0.29, 0.717) is 33.1 Å². The molecule has 140 valence electrons. The van der Waals surface area contributed by atoms with Gasteiger partial charge in [-0.15, -0.1) is 0 Å². The maximum Gasteiger partial charge on any atom is 0.235 e. The number of aryl methyl sites for hydroxylation is 1. The molecule has 26 heavy (non-hydrogen) atoms. The Bertz CT molecular complexity index is 877. The van der Waals surface area contributed by atoms with Gasteiger partial charge in [-0.05, 0) is 52.3 Å². The summed E-state index contributed by atoms with van der Waals surface area (Å²) in [6.45, 7) is 8.61. The topological polar surface area (TPSA) is 66.5 Å². The van der Waals surface area contributed by atoms with Gasteiger partial charge in [-0.3, -0.25) is 9.59 Å². The van der Waals surface area contributed by atoms with Crippen molar-refractivity contribution in [3.8, 4) is 0 Å². The highest BCUT2D eigenvalue weighted by Crippen LogP contribution is 2.27. The summed E-state index contributed by atoms with van der Waals surface area (Å²) in [4.78, 5) is 27.6. The quantitative estimate of drug-likeness (QED) is 0.565. The molecular formula is C19H22Cl2FN2O2+. The summed E-state index contributed by atoms with van der Waals surface area (Å²) < 4.78 is 13.7. The van der Waals surface area contributed by atoms with Gasteiger partial charge in [0.15, 0.2) is 5.78 Å². The molecule has 2 atom stereocenters. The number of H-pyrrole nitrogens is 1. The van der Waals surface area contributed by atoms with E-state index in [1.54, 1.807) is 26.1 Å². The maximum absolute atomic E-state index is 13.7. The lowest BCUT2D eigenvalue weighted by atomic mass is 10.0. The van der Waals surface area contributed by atoms with Crippen LogP contribution in [0.3, 0.4) is 0 Å². The van der Waals surface area contributed by atoms with Crippen LogP contribution in [0.15, 0.2) is 12.1 Å². The van der Waals surface area contributed by atoms with Crippen LogP contribution in [0, 0.1) is 19.7 Å². The van der Waals surface area contributed by atoms with Crippen LogP contribution in [-0.2, 0) is 0 Å². The highest BCUT2D eigenvalue weighted by atomic mass is 35.5. The minimum Gasteiger partial charge on any atom is -0.355 e. The van der Waals surface area contributed by atoms with Crippen LogP contribution in [0.5, 0.6) is 0 Å². The normalized spacial score (nSPS) is 13.5. The van der Waals surface area contributed by atoms with Crippen LogP contribution in [0.2, 0.25) is 10.0 Å². The Morgan fingerprint density at radius 1 is 1.15 bits per heavy atom. The summed E-state index contributed by atoms with van der Waals surface area (Å²) in [5.74, 6) is -0.758. The fourth-order valence-electron chi connectivity index (χ4n) is 3.26. The summed E-state index contributed by atoms with van der Waals surface area (Å²) in [7, 11) is 0. The Labute approximate surface area is 162 Å². The van der Waals surface area contributed by atoms with Gasteiger partial charge in [0.1, 0.15) is 17.9 Å². The highest BCUT2D eigenvalue weighted by Gasteiger charge is 2.28. The van der Waals surface area contributed by atoms with Crippen molar-refractivity contribution in [2.75, 3.05) is 0 Å². The van der Waals surface area contributed by atoms with Crippen LogP contribution in [0.25, 0.3) is 0 Å². The molecule has 7 heteroatoms. The third-order valence-corrected chi connectivity index (χ3v) is 5.17. The Balaban J connectivity index is 2.24. The fourth-order valence-corrected chi connectivity index (χ4v) is 3.82. The smallest absolute Gasteiger partial charge is 0.235 e. The molecule has 0 bridgehead atoms. The van der Waals surface area contributed by atoms with Crippen molar-refractivity contribution >= 4 is 34.8 Å². The minimum atomic E-state index is -0.549. The second kappa shape index (κ2) is 7.91. The van der Waals surface area contributed by atoms with Crippen LogP contribution < -0.4 is 5.32 Å². The second-order valence-electron chi connectivity index (χ2n) is 6.60. The molecule has 1 heterocycles. The molecule has 1 aromatic heterocycles. The van der Waals surface area contributed by atoms with Gasteiger partial charge in [-0.1, -0.05) is 23.2 Å². The van der Waals surface area contributed by atoms with Gasteiger partial charge < -0.3 is 10.3 Å². The van der Waals surface area contributed by atoms with Crippen molar-refractivity contribution in [2.45, 2.75) is 46.7 Å². The molecule has 2 aromatic rings. The Morgan fingerprint density at radius 3 is 2.31 bits per heavy atom. The first-order valence-electron chi connectivity index (χ1n) is 8.28. The molecule has 2 rings (SSSR count). The van der Waals surface area contributed by atoms with Crippen molar-refractivity contribution in [1.29, 1.82) is 0 Å². The van der Waals surface area contributed by atoms with E-state index in [-0.39, 0.29) is 22.6 Å². The molecule has 0 amide bonds. The molecule has 0 saturated carbocycles. The number of aromatic amines is 1. The van der Waals surface area contributed by atoms with Crippen molar-refractivity contribution < 1.29 is 19.3 Å². The van der Waals surface area contributed by atoms with E-state index >= 15 is 0 Å². The predicted octanol–water partition coefficient (Wildman–Crippen LogP) is 4.18. The molecule has 0 radical (unpaired) electrons. The molecule has 0 aliphatic heterocycles. The van der Waals surface area contributed by atoms with Gasteiger partial charge >= 0.3 is 0 Å². The number of Topliss-reactive ketones (excluding diaryl/α,β-unsaturated/α-hetero) is 2. The molecular weight excluding hydrogens is 378 g/mol. The Hall–Kier alpha value is -1.69. The number of halogens is 3. The average Bonchev–Trinajstić information content (AvgIpc) is 2.84. The number of hydrogen-bond donors (Lipinski definition) is 2. The van der Waals surface area contributed by atoms with Crippen LogP contribution >= 0.6 is 23.2 Å². The molecule has 0 fully saturated rings. The van der Waals surface area contributed by atoms with Crippen molar-refractivity contribution in [3.05, 3.63) is 56.1 Å². The van der Waals surface area contributed by atoms with E-state index < -0.39 is 11.9 Å². The maximum atomic E-state index is 13.7. The van der Waals surface area contributed by atoms with Crippen molar-refractivity contribution in [3.63, 3.8) is 0 Å². The first-order chi connectivity index (χ1) is 12.0. The SMILES string of the molecule is CC(=O)c1c(C)[nH]c(C(=O)[C@@H](C)[NH2+][C@@H](C)c2cc(F)c(Cl)cc2Cl)c1C. The molecule has 0 aliphatic carbocycles. The number of carbonyl (C=O) groups is 2. The average molecular weight is 400 g/mol. The van der Waals surface area contributed by atoms with E-state index in [1.165, 1.54) is 19.1 Å². The van der Waals surface area contributed by atoms with Gasteiger partial charge in [0.25, 0.3) is 0 Å². The fraction of sp³-hybridized carbons (Fsp3) is 0.368. The lowest BCUT2D eigenvalue weighted by molar-refractivity contribution is -0.709. The van der Waals surface area contributed by atoms with E-state index in [0.717, 1.165) is 0 Å². The molecule has 4 nitrogen and oxygen atoms in total. The zero-order chi connectivity index (χ0) is 19.8. The summed E-state index contributed by atoms with van der Waals surface area (Å²) in [5.41, 5.74) is 2.88. The number of aromatic nitrogens is 1. The van der Waals surface area contributed by atoms with E-state index in [4.69, 9.17) is 23.2 Å². The monoisotopic (exact) mass is 399 g/mol. The molecule has 0 unspecified atom stereocenters. The Kier molecular flexibility index (Phi) is 6.27. The minimum absolute atomic E-state index is 0.0377. The number of rotatable bonds is 6. The molecule has 1 aromatic carbocycles. The first kappa shape index (κ1) is 20.6. The number of nitrogens with two attached hydrogens (primary N) is 1. The molecule has 0 saturated heterocycles. The summed E-state index contributed by atoms with van der Waals surface area (Å²) in [6, 6.07) is 1.96. The van der Waals surface area contributed by atoms with Crippen LogP contribution in [0.1, 0.15) is 64.5 Å².